The van der Waals surface area contributed by atoms with Gasteiger partial charge in [-0.15, -0.1) is 0 Å². The predicted octanol–water partition coefficient (Wildman–Crippen LogP) is 2.41. The minimum atomic E-state index is -0.753. The summed E-state index contributed by atoms with van der Waals surface area (Å²) in [6.45, 7) is 7.73. The van der Waals surface area contributed by atoms with Crippen molar-refractivity contribution in [2.24, 2.45) is 11.1 Å². The van der Waals surface area contributed by atoms with Crippen molar-refractivity contribution in [3.05, 3.63) is 0 Å². The fourth-order valence-electron chi connectivity index (χ4n) is 4.40. The Bertz CT molecular complexity index is 440. The number of carbonyl (C=O) groups is 1. The normalized spacial score (nSPS) is 40.7. The lowest BCUT2D eigenvalue weighted by Gasteiger charge is -2.60. The standard InChI is InChI=1S/C17H30N2O2S/c1-4-21-14-11-17(18,16(14,2)3)15(20)19-9-10-22-13-8-6-5-7-12(13)19/h12-14H,4-11,18H2,1-3H3. The summed E-state index contributed by atoms with van der Waals surface area (Å²) in [5.74, 6) is 1.23. The van der Waals surface area contributed by atoms with Crippen LogP contribution in [0, 0.1) is 5.41 Å². The third-order valence-corrected chi connectivity index (χ3v) is 7.60. The number of carbonyl (C=O) groups excluding carboxylic acids is 1. The van der Waals surface area contributed by atoms with Gasteiger partial charge in [0.1, 0.15) is 5.54 Å². The molecule has 5 heteroatoms. The third kappa shape index (κ3) is 2.40. The van der Waals surface area contributed by atoms with E-state index in [0.29, 0.717) is 24.3 Å². The fourth-order valence-corrected chi connectivity index (χ4v) is 5.85. The first-order chi connectivity index (χ1) is 10.4. The summed E-state index contributed by atoms with van der Waals surface area (Å²) < 4.78 is 5.78. The SMILES string of the molecule is CCOC1CC(N)(C(=O)N2CCSC3CCCCC32)C1(C)C. The molecule has 4 unspecified atom stereocenters. The zero-order chi connectivity index (χ0) is 16.0. The Morgan fingerprint density at radius 1 is 1.36 bits per heavy atom. The van der Waals surface area contributed by atoms with Gasteiger partial charge in [-0.2, -0.15) is 11.8 Å². The molecule has 0 spiro atoms. The van der Waals surface area contributed by atoms with Crippen LogP contribution in [-0.2, 0) is 9.53 Å². The maximum absolute atomic E-state index is 13.3. The van der Waals surface area contributed by atoms with E-state index in [-0.39, 0.29) is 17.4 Å². The average molecular weight is 327 g/mol. The number of fused-ring (bicyclic) bond motifs is 1. The Labute approximate surface area is 138 Å². The van der Waals surface area contributed by atoms with Gasteiger partial charge in [-0.25, -0.2) is 0 Å². The molecule has 22 heavy (non-hydrogen) atoms. The summed E-state index contributed by atoms with van der Waals surface area (Å²) >= 11 is 2.05. The average Bonchev–Trinajstić information content (AvgIpc) is 2.53. The van der Waals surface area contributed by atoms with Gasteiger partial charge < -0.3 is 15.4 Å². The van der Waals surface area contributed by atoms with Crippen LogP contribution in [0.25, 0.3) is 0 Å². The number of hydrogen-bond donors (Lipinski definition) is 1. The number of rotatable bonds is 3. The van der Waals surface area contributed by atoms with Crippen LogP contribution in [-0.4, -0.2) is 52.6 Å². The van der Waals surface area contributed by atoms with Gasteiger partial charge >= 0.3 is 0 Å². The van der Waals surface area contributed by atoms with Gasteiger partial charge in [0, 0.05) is 42.0 Å². The van der Waals surface area contributed by atoms with Crippen molar-refractivity contribution in [2.75, 3.05) is 18.9 Å². The maximum Gasteiger partial charge on any atom is 0.243 e. The second kappa shape index (κ2) is 5.99. The van der Waals surface area contributed by atoms with Crippen molar-refractivity contribution in [3.8, 4) is 0 Å². The molecule has 4 atom stereocenters. The first kappa shape index (κ1) is 16.6. The van der Waals surface area contributed by atoms with E-state index in [0.717, 1.165) is 18.7 Å². The van der Waals surface area contributed by atoms with Crippen LogP contribution < -0.4 is 5.73 Å². The Kier molecular flexibility index (Phi) is 4.52. The van der Waals surface area contributed by atoms with Crippen molar-refractivity contribution < 1.29 is 9.53 Å². The van der Waals surface area contributed by atoms with E-state index in [1.54, 1.807) is 0 Å². The van der Waals surface area contributed by atoms with Crippen molar-refractivity contribution in [1.29, 1.82) is 0 Å². The second-order valence-electron chi connectivity index (χ2n) is 7.60. The van der Waals surface area contributed by atoms with Gasteiger partial charge in [0.15, 0.2) is 0 Å². The lowest BCUT2D eigenvalue weighted by molar-refractivity contribution is -0.181. The van der Waals surface area contributed by atoms with E-state index in [2.05, 4.69) is 30.5 Å². The van der Waals surface area contributed by atoms with E-state index in [9.17, 15) is 4.79 Å². The molecule has 0 radical (unpaired) electrons. The summed E-state index contributed by atoms with van der Waals surface area (Å²) in [5.41, 5.74) is 5.58. The van der Waals surface area contributed by atoms with E-state index in [4.69, 9.17) is 10.5 Å². The minimum absolute atomic E-state index is 0.104. The number of ether oxygens (including phenoxy) is 1. The molecule has 0 aromatic carbocycles. The van der Waals surface area contributed by atoms with Crippen LogP contribution in [0.3, 0.4) is 0 Å². The second-order valence-corrected chi connectivity index (χ2v) is 8.95. The monoisotopic (exact) mass is 326 g/mol. The Balaban J connectivity index is 1.75. The smallest absolute Gasteiger partial charge is 0.243 e. The number of thioether (sulfide) groups is 1. The molecule has 126 valence electrons. The van der Waals surface area contributed by atoms with Crippen LogP contribution >= 0.6 is 11.8 Å². The highest BCUT2D eigenvalue weighted by atomic mass is 32.2. The quantitative estimate of drug-likeness (QED) is 0.865. The highest BCUT2D eigenvalue weighted by Gasteiger charge is 2.64. The van der Waals surface area contributed by atoms with Gasteiger partial charge in [0.05, 0.1) is 6.10 Å². The molecule has 0 bridgehead atoms. The van der Waals surface area contributed by atoms with Gasteiger partial charge in [-0.1, -0.05) is 26.7 Å². The molecule has 3 fully saturated rings. The van der Waals surface area contributed by atoms with Gasteiger partial charge in [-0.05, 0) is 19.8 Å². The van der Waals surface area contributed by atoms with E-state index >= 15 is 0 Å². The highest BCUT2D eigenvalue weighted by Crippen LogP contribution is 2.51. The summed E-state index contributed by atoms with van der Waals surface area (Å²) in [4.78, 5) is 15.4. The molecule has 1 saturated heterocycles. The molecule has 3 aliphatic rings. The molecule has 2 N–H and O–H groups in total. The number of nitrogens with two attached hydrogens (primary N) is 1. The lowest BCUT2D eigenvalue weighted by Crippen LogP contribution is -2.77. The Hall–Kier alpha value is -0.260. The van der Waals surface area contributed by atoms with Crippen molar-refractivity contribution in [2.45, 2.75) is 75.8 Å². The van der Waals surface area contributed by atoms with Crippen LogP contribution in [0.2, 0.25) is 0 Å². The van der Waals surface area contributed by atoms with Crippen molar-refractivity contribution in [3.63, 3.8) is 0 Å². The Morgan fingerprint density at radius 2 is 2.09 bits per heavy atom. The first-order valence-corrected chi connectivity index (χ1v) is 9.80. The van der Waals surface area contributed by atoms with E-state index in [1.165, 1.54) is 19.3 Å². The fraction of sp³-hybridized carbons (Fsp3) is 0.941. The minimum Gasteiger partial charge on any atom is -0.378 e. The van der Waals surface area contributed by atoms with Crippen LogP contribution in [0.1, 0.15) is 52.9 Å². The maximum atomic E-state index is 13.3. The molecular weight excluding hydrogens is 296 g/mol. The van der Waals surface area contributed by atoms with Gasteiger partial charge in [0.25, 0.3) is 0 Å². The van der Waals surface area contributed by atoms with Crippen molar-refractivity contribution >= 4 is 17.7 Å². The van der Waals surface area contributed by atoms with Crippen LogP contribution in [0.5, 0.6) is 0 Å². The highest BCUT2D eigenvalue weighted by molar-refractivity contribution is 8.00. The molecule has 0 aromatic rings. The molecule has 1 heterocycles. The van der Waals surface area contributed by atoms with E-state index < -0.39 is 5.54 Å². The third-order valence-electron chi connectivity index (χ3n) is 6.20. The van der Waals surface area contributed by atoms with Gasteiger partial charge in [0.2, 0.25) is 5.91 Å². The number of amides is 1. The summed E-state index contributed by atoms with van der Waals surface area (Å²) in [5, 5.41) is 0.626. The lowest BCUT2D eigenvalue weighted by atomic mass is 9.54. The zero-order valence-electron chi connectivity index (χ0n) is 14.1. The first-order valence-electron chi connectivity index (χ1n) is 8.75. The molecule has 0 aromatic heterocycles. The Morgan fingerprint density at radius 3 is 2.77 bits per heavy atom. The molecule has 4 nitrogen and oxygen atoms in total. The molecule has 1 amide bonds. The van der Waals surface area contributed by atoms with Gasteiger partial charge in [-0.3, -0.25) is 4.79 Å². The van der Waals surface area contributed by atoms with Crippen LogP contribution in [0.15, 0.2) is 0 Å². The molecule has 1 aliphatic heterocycles. The van der Waals surface area contributed by atoms with Crippen LogP contribution in [0.4, 0.5) is 0 Å². The van der Waals surface area contributed by atoms with E-state index in [1.807, 2.05) is 6.92 Å². The number of nitrogens with zero attached hydrogens (tertiary/aromatic N) is 1. The largest absolute Gasteiger partial charge is 0.378 e. The summed E-state index contributed by atoms with van der Waals surface area (Å²) in [6, 6.07) is 0.405. The zero-order valence-corrected chi connectivity index (χ0v) is 15.0. The molecular formula is C17H30N2O2S. The summed E-state index contributed by atoms with van der Waals surface area (Å²) in [7, 11) is 0. The molecule has 2 aliphatic carbocycles. The molecule has 2 saturated carbocycles. The predicted molar refractivity (Wildman–Crippen MR) is 90.9 cm³/mol. The topological polar surface area (TPSA) is 55.6 Å². The summed E-state index contributed by atoms with van der Waals surface area (Å²) in [6.07, 6.45) is 5.72. The number of hydrogen-bond acceptors (Lipinski definition) is 4. The molecule has 3 rings (SSSR count). The van der Waals surface area contributed by atoms with Crippen molar-refractivity contribution in [1.82, 2.24) is 4.90 Å².